The predicted molar refractivity (Wildman–Crippen MR) is 132 cm³/mol. The van der Waals surface area contributed by atoms with Crippen LogP contribution in [-0.2, 0) is 15.1 Å². The molecule has 2 aliphatic heterocycles. The number of hydrogen-bond donors (Lipinski definition) is 2. The minimum absolute atomic E-state index is 0.0129. The molecule has 0 unspecified atom stereocenters. The minimum Gasteiger partial charge on any atom is -0.470 e. The Morgan fingerprint density at radius 3 is 2.61 bits per heavy atom. The molecule has 2 atom stereocenters. The lowest BCUT2D eigenvalue weighted by Crippen LogP contribution is -2.55. The van der Waals surface area contributed by atoms with Gasteiger partial charge in [0.15, 0.2) is 0 Å². The van der Waals surface area contributed by atoms with Crippen LogP contribution < -0.4 is 10.1 Å². The van der Waals surface area contributed by atoms with Crippen LogP contribution in [0.15, 0.2) is 30.6 Å². The molecular formula is C26H29N5O5. The van der Waals surface area contributed by atoms with E-state index in [1.165, 1.54) is 6.92 Å². The number of hydrogen-bond acceptors (Lipinski definition) is 9. The van der Waals surface area contributed by atoms with E-state index in [9.17, 15) is 14.7 Å². The molecule has 2 aliphatic rings. The standard InChI is InChI=1S/C26H29N5O5/c1-13-14(2)35-25(33)17-6-7-21(30-23(13)17)29-22-8-18-19(9-27-22)24(28-10-20(18)26(4,5)34)36-16-11-31(12-16)15(3)32/h6-10,13-14,16,34H,11-12H2,1-5H3,(H,27,29,30)/t13-,14-/m0/s1. The van der Waals surface area contributed by atoms with Crippen molar-refractivity contribution in [3.05, 3.63) is 47.4 Å². The normalized spacial score (nSPS) is 19.9. The minimum atomic E-state index is -1.15. The van der Waals surface area contributed by atoms with Gasteiger partial charge in [-0.2, -0.15) is 0 Å². The molecule has 3 aromatic heterocycles. The van der Waals surface area contributed by atoms with Crippen molar-refractivity contribution < 1.29 is 24.2 Å². The maximum Gasteiger partial charge on any atom is 0.340 e. The second-order valence-corrected chi connectivity index (χ2v) is 9.97. The molecule has 3 aromatic rings. The first kappa shape index (κ1) is 23.9. The molecule has 10 heteroatoms. The quantitative estimate of drug-likeness (QED) is 0.517. The van der Waals surface area contributed by atoms with Gasteiger partial charge in [-0.1, -0.05) is 6.92 Å². The number of carbonyl (C=O) groups excluding carboxylic acids is 2. The highest BCUT2D eigenvalue weighted by atomic mass is 16.5. The molecule has 2 N–H and O–H groups in total. The van der Waals surface area contributed by atoms with Crippen molar-refractivity contribution in [2.24, 2.45) is 0 Å². The average molecular weight is 492 g/mol. The molecule has 0 aliphatic carbocycles. The summed E-state index contributed by atoms with van der Waals surface area (Å²) in [6, 6.07) is 5.24. The Kier molecular flexibility index (Phi) is 5.78. The molecule has 188 valence electrons. The number of cyclic esters (lactones) is 1. The molecular weight excluding hydrogens is 462 g/mol. The summed E-state index contributed by atoms with van der Waals surface area (Å²) in [4.78, 5) is 39.1. The monoisotopic (exact) mass is 491 g/mol. The van der Waals surface area contributed by atoms with E-state index in [4.69, 9.17) is 9.47 Å². The van der Waals surface area contributed by atoms with Crippen LogP contribution in [0.25, 0.3) is 10.8 Å². The molecule has 0 aromatic carbocycles. The van der Waals surface area contributed by atoms with Crippen molar-refractivity contribution in [1.29, 1.82) is 0 Å². The lowest BCUT2D eigenvalue weighted by molar-refractivity contribution is -0.137. The largest absolute Gasteiger partial charge is 0.470 e. The van der Waals surface area contributed by atoms with E-state index in [1.54, 1.807) is 43.3 Å². The number of rotatable bonds is 5. The van der Waals surface area contributed by atoms with Gasteiger partial charge in [0.25, 0.3) is 0 Å². The zero-order valence-electron chi connectivity index (χ0n) is 20.9. The fourth-order valence-electron chi connectivity index (χ4n) is 4.44. The van der Waals surface area contributed by atoms with Crippen LogP contribution in [0.2, 0.25) is 0 Å². The number of nitrogens with one attached hydrogen (secondary N) is 1. The highest BCUT2D eigenvalue weighted by molar-refractivity contribution is 5.93. The number of anilines is 2. The molecule has 0 bridgehead atoms. The average Bonchev–Trinajstić information content (AvgIpc) is 2.78. The maximum absolute atomic E-state index is 12.2. The summed E-state index contributed by atoms with van der Waals surface area (Å²) in [5.74, 6) is 1.07. The summed E-state index contributed by atoms with van der Waals surface area (Å²) in [5.41, 5.74) is 0.619. The lowest BCUT2D eigenvalue weighted by Gasteiger charge is -2.38. The molecule has 36 heavy (non-hydrogen) atoms. The first-order valence-corrected chi connectivity index (χ1v) is 11.9. The van der Waals surface area contributed by atoms with Gasteiger partial charge in [-0.05, 0) is 44.4 Å². The molecule has 5 heterocycles. The van der Waals surface area contributed by atoms with Crippen molar-refractivity contribution >= 4 is 34.3 Å². The fourth-order valence-corrected chi connectivity index (χ4v) is 4.44. The van der Waals surface area contributed by atoms with E-state index in [-0.39, 0.29) is 30.0 Å². The molecule has 1 amide bonds. The molecule has 0 saturated carbocycles. The number of ether oxygens (including phenoxy) is 2. The maximum atomic E-state index is 12.2. The topological polar surface area (TPSA) is 127 Å². The van der Waals surface area contributed by atoms with Crippen LogP contribution in [-0.4, -0.2) is 62.1 Å². The Labute approximate surface area is 208 Å². The van der Waals surface area contributed by atoms with Crippen molar-refractivity contribution in [3.8, 4) is 5.88 Å². The van der Waals surface area contributed by atoms with Crippen LogP contribution >= 0.6 is 0 Å². The van der Waals surface area contributed by atoms with E-state index in [1.807, 2.05) is 19.9 Å². The Hall–Kier alpha value is -3.79. The van der Waals surface area contributed by atoms with Crippen LogP contribution in [0, 0.1) is 0 Å². The third-order valence-electron chi connectivity index (χ3n) is 6.80. The molecule has 0 radical (unpaired) electrons. The highest BCUT2D eigenvalue weighted by Gasteiger charge is 2.33. The van der Waals surface area contributed by atoms with E-state index in [0.717, 1.165) is 5.39 Å². The molecule has 1 fully saturated rings. The number of aliphatic hydroxyl groups is 1. The SMILES string of the molecule is CC(=O)N1CC(Oc2ncc(C(C)(C)O)c3cc(Nc4ccc5c(n4)[C@@H](C)[C@H](C)OC5=O)ncc23)C1. The first-order chi connectivity index (χ1) is 17.0. The number of esters is 1. The number of amides is 1. The van der Waals surface area contributed by atoms with E-state index < -0.39 is 5.60 Å². The van der Waals surface area contributed by atoms with Gasteiger partial charge in [-0.15, -0.1) is 0 Å². The van der Waals surface area contributed by atoms with Gasteiger partial charge in [0.1, 0.15) is 23.8 Å². The van der Waals surface area contributed by atoms with Gasteiger partial charge in [0.2, 0.25) is 11.8 Å². The lowest BCUT2D eigenvalue weighted by atomic mass is 9.94. The summed E-state index contributed by atoms with van der Waals surface area (Å²) in [5, 5.41) is 15.4. The molecule has 1 saturated heterocycles. The fraction of sp³-hybridized carbons (Fsp3) is 0.423. The zero-order valence-corrected chi connectivity index (χ0v) is 20.9. The number of nitrogens with zero attached hydrogens (tertiary/aromatic N) is 4. The summed E-state index contributed by atoms with van der Waals surface area (Å²) in [6.45, 7) is 9.77. The van der Waals surface area contributed by atoms with Crippen molar-refractivity contribution in [3.63, 3.8) is 0 Å². The Bertz CT molecular complexity index is 1360. The second kappa shape index (κ2) is 8.70. The molecule has 10 nitrogen and oxygen atoms in total. The van der Waals surface area contributed by atoms with Gasteiger partial charge >= 0.3 is 5.97 Å². The van der Waals surface area contributed by atoms with Crippen LogP contribution in [0.1, 0.15) is 62.2 Å². The van der Waals surface area contributed by atoms with Crippen LogP contribution in [0.4, 0.5) is 11.6 Å². The third kappa shape index (κ3) is 4.32. The molecule has 0 spiro atoms. The summed E-state index contributed by atoms with van der Waals surface area (Å²) in [6.07, 6.45) is 2.85. The van der Waals surface area contributed by atoms with Gasteiger partial charge in [-0.25, -0.2) is 19.7 Å². The van der Waals surface area contributed by atoms with Crippen molar-refractivity contribution in [2.45, 2.75) is 58.3 Å². The van der Waals surface area contributed by atoms with E-state index >= 15 is 0 Å². The number of pyridine rings is 3. The van der Waals surface area contributed by atoms with Gasteiger partial charge in [0.05, 0.1) is 35.3 Å². The summed E-state index contributed by atoms with van der Waals surface area (Å²) >= 11 is 0. The van der Waals surface area contributed by atoms with E-state index in [2.05, 4.69) is 20.3 Å². The van der Waals surface area contributed by atoms with Gasteiger partial charge < -0.3 is 24.8 Å². The third-order valence-corrected chi connectivity index (χ3v) is 6.80. The first-order valence-electron chi connectivity index (χ1n) is 11.9. The number of carbonyl (C=O) groups is 2. The smallest absolute Gasteiger partial charge is 0.340 e. The Morgan fingerprint density at radius 2 is 1.92 bits per heavy atom. The van der Waals surface area contributed by atoms with Crippen LogP contribution in [0.3, 0.4) is 0 Å². The zero-order chi connectivity index (χ0) is 25.8. The second-order valence-electron chi connectivity index (χ2n) is 9.97. The van der Waals surface area contributed by atoms with E-state index in [0.29, 0.717) is 52.8 Å². The number of likely N-dealkylation sites (tertiary alicyclic amines) is 1. The van der Waals surface area contributed by atoms with Crippen molar-refractivity contribution in [2.75, 3.05) is 18.4 Å². The van der Waals surface area contributed by atoms with Gasteiger partial charge in [-0.3, -0.25) is 4.79 Å². The number of fused-ring (bicyclic) bond motifs is 2. The van der Waals surface area contributed by atoms with Gasteiger partial charge in [0, 0.05) is 30.8 Å². The molecule has 5 rings (SSSR count). The van der Waals surface area contributed by atoms with Crippen molar-refractivity contribution in [1.82, 2.24) is 19.9 Å². The Balaban J connectivity index is 1.47. The predicted octanol–water partition coefficient (Wildman–Crippen LogP) is 3.27. The number of aromatic nitrogens is 3. The Morgan fingerprint density at radius 1 is 1.17 bits per heavy atom. The highest BCUT2D eigenvalue weighted by Crippen LogP contribution is 2.35. The summed E-state index contributed by atoms with van der Waals surface area (Å²) in [7, 11) is 0. The van der Waals surface area contributed by atoms with Crippen LogP contribution in [0.5, 0.6) is 5.88 Å². The summed E-state index contributed by atoms with van der Waals surface area (Å²) < 4.78 is 11.4.